The maximum absolute atomic E-state index is 13.2. The standard InChI is InChI=1S/C12H9F3N4O4/c1-2-23-11(20)9-10(12(13,14)15)18(17-16-9)7-4-3-5-8(6-7)19(21)22/h3-6H,2H2,1H3. The molecule has 0 unspecified atom stereocenters. The van der Waals surface area contributed by atoms with Crippen LogP contribution in [-0.2, 0) is 10.9 Å². The van der Waals surface area contributed by atoms with Gasteiger partial charge in [0.05, 0.1) is 17.2 Å². The summed E-state index contributed by atoms with van der Waals surface area (Å²) in [5, 5.41) is 17.2. The number of non-ortho nitro benzene ring substituents is 1. The second-order valence-corrected chi connectivity index (χ2v) is 4.19. The largest absolute Gasteiger partial charge is 0.461 e. The van der Waals surface area contributed by atoms with Crippen molar-refractivity contribution in [2.75, 3.05) is 6.61 Å². The molecule has 0 bridgehead atoms. The lowest BCUT2D eigenvalue weighted by molar-refractivity contribution is -0.384. The molecule has 0 spiro atoms. The van der Waals surface area contributed by atoms with Crippen LogP contribution in [0.1, 0.15) is 23.1 Å². The van der Waals surface area contributed by atoms with Crippen molar-refractivity contribution in [2.45, 2.75) is 13.1 Å². The van der Waals surface area contributed by atoms with Gasteiger partial charge in [0.2, 0.25) is 5.69 Å². The van der Waals surface area contributed by atoms with Crippen LogP contribution in [0.2, 0.25) is 0 Å². The van der Waals surface area contributed by atoms with Gasteiger partial charge in [0.25, 0.3) is 5.69 Å². The average molecular weight is 330 g/mol. The highest BCUT2D eigenvalue weighted by Crippen LogP contribution is 2.33. The van der Waals surface area contributed by atoms with E-state index in [4.69, 9.17) is 0 Å². The highest BCUT2D eigenvalue weighted by molar-refractivity contribution is 5.88. The Hall–Kier alpha value is -2.98. The summed E-state index contributed by atoms with van der Waals surface area (Å²) in [4.78, 5) is 21.6. The Labute approximate surface area is 126 Å². The lowest BCUT2D eigenvalue weighted by Crippen LogP contribution is -2.18. The lowest BCUT2D eigenvalue weighted by Gasteiger charge is -2.10. The van der Waals surface area contributed by atoms with Crippen molar-refractivity contribution in [1.29, 1.82) is 0 Å². The van der Waals surface area contributed by atoms with E-state index < -0.39 is 34.1 Å². The van der Waals surface area contributed by atoms with Crippen LogP contribution in [0.15, 0.2) is 24.3 Å². The highest BCUT2D eigenvalue weighted by atomic mass is 19.4. The molecule has 11 heteroatoms. The maximum Gasteiger partial charge on any atom is 0.436 e. The van der Waals surface area contributed by atoms with Gasteiger partial charge in [-0.05, 0) is 13.0 Å². The zero-order valence-electron chi connectivity index (χ0n) is 11.6. The summed E-state index contributed by atoms with van der Waals surface area (Å²) in [6.45, 7) is 1.29. The highest BCUT2D eigenvalue weighted by Gasteiger charge is 2.42. The number of nitro groups is 1. The molecule has 0 aliphatic rings. The summed E-state index contributed by atoms with van der Waals surface area (Å²) < 4.78 is 44.6. The van der Waals surface area contributed by atoms with E-state index in [9.17, 15) is 28.1 Å². The molecule has 0 N–H and O–H groups in total. The van der Waals surface area contributed by atoms with Gasteiger partial charge in [0, 0.05) is 12.1 Å². The molecule has 122 valence electrons. The molecule has 23 heavy (non-hydrogen) atoms. The van der Waals surface area contributed by atoms with Gasteiger partial charge < -0.3 is 4.74 Å². The van der Waals surface area contributed by atoms with Crippen molar-refractivity contribution in [3.63, 3.8) is 0 Å². The summed E-state index contributed by atoms with van der Waals surface area (Å²) in [6, 6.07) is 4.37. The van der Waals surface area contributed by atoms with Gasteiger partial charge in [-0.25, -0.2) is 9.48 Å². The number of esters is 1. The Kier molecular flexibility index (Phi) is 4.29. The molecule has 0 amide bonds. The quantitative estimate of drug-likeness (QED) is 0.485. The molecule has 0 aliphatic carbocycles. The minimum atomic E-state index is -4.96. The molecule has 0 saturated heterocycles. The Morgan fingerprint density at radius 1 is 1.43 bits per heavy atom. The second-order valence-electron chi connectivity index (χ2n) is 4.19. The van der Waals surface area contributed by atoms with E-state index in [1.807, 2.05) is 0 Å². The van der Waals surface area contributed by atoms with Crippen molar-refractivity contribution >= 4 is 11.7 Å². The number of aromatic nitrogens is 3. The first-order chi connectivity index (χ1) is 10.8. The molecule has 1 aromatic heterocycles. The van der Waals surface area contributed by atoms with Crippen LogP contribution in [0.3, 0.4) is 0 Å². The monoisotopic (exact) mass is 330 g/mol. The van der Waals surface area contributed by atoms with Crippen LogP contribution in [0.5, 0.6) is 0 Å². The molecule has 1 aromatic carbocycles. The van der Waals surface area contributed by atoms with E-state index in [-0.39, 0.29) is 12.3 Å². The molecule has 0 atom stereocenters. The zero-order valence-corrected chi connectivity index (χ0v) is 11.6. The Morgan fingerprint density at radius 3 is 2.70 bits per heavy atom. The summed E-state index contributed by atoms with van der Waals surface area (Å²) in [7, 11) is 0. The first kappa shape index (κ1) is 16.4. The number of carbonyl (C=O) groups is 1. The van der Waals surface area contributed by atoms with E-state index in [0.717, 1.165) is 12.1 Å². The van der Waals surface area contributed by atoms with E-state index in [1.54, 1.807) is 0 Å². The Balaban J connectivity index is 2.62. The van der Waals surface area contributed by atoms with E-state index in [1.165, 1.54) is 19.1 Å². The third kappa shape index (κ3) is 3.27. The van der Waals surface area contributed by atoms with Gasteiger partial charge in [-0.1, -0.05) is 11.3 Å². The fourth-order valence-electron chi connectivity index (χ4n) is 1.79. The normalized spacial score (nSPS) is 11.3. The molecule has 1 heterocycles. The predicted octanol–water partition coefficient (Wildman–Crippen LogP) is 2.37. The van der Waals surface area contributed by atoms with Crippen LogP contribution in [-0.4, -0.2) is 32.5 Å². The van der Waals surface area contributed by atoms with Crippen molar-refractivity contribution in [3.05, 3.63) is 45.8 Å². The van der Waals surface area contributed by atoms with E-state index in [2.05, 4.69) is 15.0 Å². The van der Waals surface area contributed by atoms with Gasteiger partial charge in [-0.3, -0.25) is 10.1 Å². The molecule has 0 saturated carbocycles. The number of rotatable bonds is 4. The zero-order chi connectivity index (χ0) is 17.2. The number of benzene rings is 1. The first-order valence-corrected chi connectivity index (χ1v) is 6.20. The maximum atomic E-state index is 13.2. The summed E-state index contributed by atoms with van der Waals surface area (Å²) in [5.74, 6) is -1.28. The number of hydrogen-bond donors (Lipinski definition) is 0. The molecule has 2 rings (SSSR count). The Morgan fingerprint density at radius 2 is 2.13 bits per heavy atom. The number of hydrogen-bond acceptors (Lipinski definition) is 6. The number of alkyl halides is 3. The number of nitro benzene ring substituents is 1. The molecule has 2 aromatic rings. The minimum absolute atomic E-state index is 0.139. The van der Waals surface area contributed by atoms with Crippen molar-refractivity contribution in [2.24, 2.45) is 0 Å². The van der Waals surface area contributed by atoms with Crippen LogP contribution < -0.4 is 0 Å². The summed E-state index contributed by atoms with van der Waals surface area (Å²) >= 11 is 0. The smallest absolute Gasteiger partial charge is 0.436 e. The van der Waals surface area contributed by atoms with Crippen LogP contribution in [0.4, 0.5) is 18.9 Å². The van der Waals surface area contributed by atoms with Gasteiger partial charge in [-0.15, -0.1) is 5.10 Å². The Bertz CT molecular complexity index is 757. The molecule has 0 aliphatic heterocycles. The topological polar surface area (TPSA) is 100 Å². The first-order valence-electron chi connectivity index (χ1n) is 6.20. The van der Waals surface area contributed by atoms with Gasteiger partial charge >= 0.3 is 12.1 Å². The number of halogens is 3. The molecular weight excluding hydrogens is 321 g/mol. The third-order valence-electron chi connectivity index (χ3n) is 2.69. The number of ether oxygens (including phenoxy) is 1. The van der Waals surface area contributed by atoms with E-state index >= 15 is 0 Å². The van der Waals surface area contributed by atoms with Gasteiger partial charge in [0.15, 0.2) is 5.69 Å². The van der Waals surface area contributed by atoms with Crippen molar-refractivity contribution < 1.29 is 27.6 Å². The third-order valence-corrected chi connectivity index (χ3v) is 2.69. The predicted molar refractivity (Wildman–Crippen MR) is 69.0 cm³/mol. The van der Waals surface area contributed by atoms with E-state index in [0.29, 0.717) is 4.68 Å². The van der Waals surface area contributed by atoms with Crippen molar-refractivity contribution in [1.82, 2.24) is 15.0 Å². The minimum Gasteiger partial charge on any atom is -0.461 e. The second kappa shape index (κ2) is 6.02. The number of carbonyl (C=O) groups excluding carboxylic acids is 1. The SMILES string of the molecule is CCOC(=O)c1nnn(-c2cccc([N+](=O)[O-])c2)c1C(F)(F)F. The average Bonchev–Trinajstić information content (AvgIpc) is 2.92. The molecule has 8 nitrogen and oxygen atoms in total. The number of nitrogens with zero attached hydrogens (tertiary/aromatic N) is 4. The van der Waals surface area contributed by atoms with Crippen LogP contribution in [0, 0.1) is 10.1 Å². The fourth-order valence-corrected chi connectivity index (χ4v) is 1.79. The fraction of sp³-hybridized carbons (Fsp3) is 0.250. The van der Waals surface area contributed by atoms with Crippen LogP contribution >= 0.6 is 0 Å². The van der Waals surface area contributed by atoms with Crippen LogP contribution in [0.25, 0.3) is 5.69 Å². The molecule has 0 radical (unpaired) electrons. The molecular formula is C12H9F3N4O4. The van der Waals surface area contributed by atoms with Gasteiger partial charge in [-0.2, -0.15) is 13.2 Å². The summed E-state index contributed by atoms with van der Waals surface area (Å²) in [6.07, 6.45) is -4.96. The molecule has 0 fully saturated rings. The summed E-state index contributed by atoms with van der Waals surface area (Å²) in [5.41, 5.74) is -3.15. The van der Waals surface area contributed by atoms with Crippen molar-refractivity contribution in [3.8, 4) is 5.69 Å². The lowest BCUT2D eigenvalue weighted by atomic mass is 10.2. The van der Waals surface area contributed by atoms with Gasteiger partial charge in [0.1, 0.15) is 0 Å².